The molecule has 0 saturated heterocycles. The van der Waals surface area contributed by atoms with Gasteiger partial charge in [-0.15, -0.1) is 0 Å². The molecule has 2 aromatic carbocycles. The van der Waals surface area contributed by atoms with Crippen LogP contribution in [0.1, 0.15) is 0 Å². The number of halogens is 2. The van der Waals surface area contributed by atoms with E-state index in [1.165, 1.54) is 0 Å². The molecule has 1 aromatic heterocycles. The van der Waals surface area contributed by atoms with Crippen molar-refractivity contribution in [3.63, 3.8) is 0 Å². The molecule has 3 heteroatoms. The first kappa shape index (κ1) is 11.5. The topological polar surface area (TPSA) is 12.9 Å². The molecular weight excluding hydrogens is 265 g/mol. The Hall–Kier alpha value is -1.57. The normalized spacial score (nSPS) is 10.8. The van der Waals surface area contributed by atoms with Crippen molar-refractivity contribution in [2.45, 2.75) is 0 Å². The summed E-state index contributed by atoms with van der Waals surface area (Å²) < 4.78 is 0. The Labute approximate surface area is 115 Å². The van der Waals surface area contributed by atoms with E-state index in [9.17, 15) is 0 Å². The van der Waals surface area contributed by atoms with E-state index in [4.69, 9.17) is 23.2 Å². The van der Waals surface area contributed by atoms with E-state index in [0.29, 0.717) is 10.0 Å². The van der Waals surface area contributed by atoms with Gasteiger partial charge in [-0.3, -0.25) is 4.98 Å². The van der Waals surface area contributed by atoms with E-state index < -0.39 is 0 Å². The van der Waals surface area contributed by atoms with Crippen LogP contribution < -0.4 is 0 Å². The lowest BCUT2D eigenvalue weighted by atomic mass is 10.00. The highest BCUT2D eigenvalue weighted by atomic mass is 35.5. The lowest BCUT2D eigenvalue weighted by Crippen LogP contribution is -1.83. The molecule has 0 spiro atoms. The molecule has 88 valence electrons. The zero-order valence-corrected chi connectivity index (χ0v) is 10.9. The Bertz CT molecular complexity index is 697. The van der Waals surface area contributed by atoms with Crippen LogP contribution in [0.15, 0.2) is 54.9 Å². The Morgan fingerprint density at radius 1 is 0.889 bits per heavy atom. The van der Waals surface area contributed by atoms with Crippen molar-refractivity contribution in [2.75, 3.05) is 0 Å². The lowest BCUT2D eigenvalue weighted by molar-refractivity contribution is 1.36. The third kappa shape index (κ3) is 2.07. The molecule has 0 radical (unpaired) electrons. The number of pyridine rings is 1. The van der Waals surface area contributed by atoms with Crippen LogP contribution in [0, 0.1) is 0 Å². The largest absolute Gasteiger partial charge is 0.264 e. The van der Waals surface area contributed by atoms with E-state index in [0.717, 1.165) is 21.9 Å². The molecule has 18 heavy (non-hydrogen) atoms. The van der Waals surface area contributed by atoms with E-state index in [1.807, 2.05) is 36.5 Å². The van der Waals surface area contributed by atoms with E-state index in [1.54, 1.807) is 12.3 Å². The highest BCUT2D eigenvalue weighted by Gasteiger charge is 2.05. The molecule has 0 aliphatic heterocycles. The van der Waals surface area contributed by atoms with Gasteiger partial charge in [-0.05, 0) is 40.8 Å². The molecule has 0 fully saturated rings. The predicted molar refractivity (Wildman–Crippen MR) is 77.2 cm³/mol. The zero-order chi connectivity index (χ0) is 12.5. The molecule has 0 aliphatic carbocycles. The van der Waals surface area contributed by atoms with Gasteiger partial charge in [-0.2, -0.15) is 0 Å². The summed E-state index contributed by atoms with van der Waals surface area (Å²) in [7, 11) is 0. The van der Waals surface area contributed by atoms with Gasteiger partial charge < -0.3 is 0 Å². The fourth-order valence-electron chi connectivity index (χ4n) is 2.07. The maximum atomic E-state index is 6.05. The van der Waals surface area contributed by atoms with Gasteiger partial charge in [-0.25, -0.2) is 0 Å². The molecule has 3 aromatic rings. The van der Waals surface area contributed by atoms with Gasteiger partial charge in [0.15, 0.2) is 0 Å². The molecule has 0 saturated carbocycles. The van der Waals surface area contributed by atoms with Crippen LogP contribution in [-0.4, -0.2) is 4.98 Å². The second-order valence-corrected chi connectivity index (χ2v) is 4.93. The highest BCUT2D eigenvalue weighted by Crippen LogP contribution is 2.31. The summed E-state index contributed by atoms with van der Waals surface area (Å²) in [6, 6.07) is 13.7. The maximum Gasteiger partial charge on any atom is 0.0426 e. The minimum atomic E-state index is 0.637. The second kappa shape index (κ2) is 4.60. The van der Waals surface area contributed by atoms with Gasteiger partial charge in [0.2, 0.25) is 0 Å². The van der Waals surface area contributed by atoms with Crippen molar-refractivity contribution in [3.05, 3.63) is 64.9 Å². The first-order valence-corrected chi connectivity index (χ1v) is 6.29. The number of hydrogen-bond donors (Lipinski definition) is 0. The van der Waals surface area contributed by atoms with Crippen LogP contribution in [-0.2, 0) is 0 Å². The van der Waals surface area contributed by atoms with Crippen LogP contribution in [0.5, 0.6) is 0 Å². The standard InChI is InChI=1S/C15H9Cl2N/c16-12-6-11(7-13(17)8-12)14-3-1-2-10-4-5-18-9-15(10)14/h1-9H. The molecule has 0 unspecified atom stereocenters. The minimum Gasteiger partial charge on any atom is -0.264 e. The monoisotopic (exact) mass is 273 g/mol. The molecule has 0 amide bonds. The van der Waals surface area contributed by atoms with Gasteiger partial charge in [-0.1, -0.05) is 41.4 Å². The first-order chi connectivity index (χ1) is 8.74. The number of hydrogen-bond acceptors (Lipinski definition) is 1. The van der Waals surface area contributed by atoms with Crippen LogP contribution in [0.2, 0.25) is 10.0 Å². The molecule has 1 nitrogen and oxygen atoms in total. The fourth-order valence-corrected chi connectivity index (χ4v) is 2.60. The van der Waals surface area contributed by atoms with Gasteiger partial charge >= 0.3 is 0 Å². The van der Waals surface area contributed by atoms with Crippen LogP contribution >= 0.6 is 23.2 Å². The van der Waals surface area contributed by atoms with Crippen LogP contribution in [0.25, 0.3) is 21.9 Å². The van der Waals surface area contributed by atoms with Crippen molar-refractivity contribution in [3.8, 4) is 11.1 Å². The SMILES string of the molecule is Clc1cc(Cl)cc(-c2cccc3ccncc23)c1. The number of nitrogens with zero attached hydrogens (tertiary/aromatic N) is 1. The van der Waals surface area contributed by atoms with Gasteiger partial charge in [0.25, 0.3) is 0 Å². The second-order valence-electron chi connectivity index (χ2n) is 4.06. The summed E-state index contributed by atoms with van der Waals surface area (Å²) in [5.74, 6) is 0. The average Bonchev–Trinajstić information content (AvgIpc) is 2.37. The average molecular weight is 274 g/mol. The highest BCUT2D eigenvalue weighted by molar-refractivity contribution is 6.35. The summed E-state index contributed by atoms with van der Waals surface area (Å²) in [5, 5.41) is 3.52. The quantitative estimate of drug-likeness (QED) is 0.593. The van der Waals surface area contributed by atoms with Crippen molar-refractivity contribution in [1.29, 1.82) is 0 Å². The molecule has 0 N–H and O–H groups in total. The number of fused-ring (bicyclic) bond motifs is 1. The fraction of sp³-hybridized carbons (Fsp3) is 0. The summed E-state index contributed by atoms with van der Waals surface area (Å²) in [5.41, 5.74) is 2.09. The summed E-state index contributed by atoms with van der Waals surface area (Å²) in [6.07, 6.45) is 3.65. The third-order valence-corrected chi connectivity index (χ3v) is 3.29. The number of aromatic nitrogens is 1. The molecule has 1 heterocycles. The smallest absolute Gasteiger partial charge is 0.0426 e. The van der Waals surface area contributed by atoms with Crippen molar-refractivity contribution >= 4 is 34.0 Å². The Balaban J connectivity index is 2.31. The molecular formula is C15H9Cl2N. The van der Waals surface area contributed by atoms with Crippen molar-refractivity contribution < 1.29 is 0 Å². The third-order valence-electron chi connectivity index (χ3n) is 2.86. The van der Waals surface area contributed by atoms with Gasteiger partial charge in [0.05, 0.1) is 0 Å². The number of benzene rings is 2. The van der Waals surface area contributed by atoms with E-state index in [2.05, 4.69) is 11.1 Å². The Morgan fingerprint density at radius 2 is 1.67 bits per heavy atom. The van der Waals surface area contributed by atoms with Gasteiger partial charge in [0, 0.05) is 27.8 Å². The van der Waals surface area contributed by atoms with E-state index >= 15 is 0 Å². The molecule has 0 atom stereocenters. The summed E-state index contributed by atoms with van der Waals surface area (Å²) in [4.78, 5) is 4.18. The first-order valence-electron chi connectivity index (χ1n) is 5.53. The Morgan fingerprint density at radius 3 is 2.44 bits per heavy atom. The predicted octanol–water partition coefficient (Wildman–Crippen LogP) is 5.21. The maximum absolute atomic E-state index is 6.05. The minimum absolute atomic E-state index is 0.637. The zero-order valence-electron chi connectivity index (χ0n) is 9.40. The van der Waals surface area contributed by atoms with Crippen LogP contribution in [0.3, 0.4) is 0 Å². The van der Waals surface area contributed by atoms with Crippen molar-refractivity contribution in [2.24, 2.45) is 0 Å². The Kier molecular flexibility index (Phi) is 2.94. The summed E-state index contributed by atoms with van der Waals surface area (Å²) in [6.45, 7) is 0. The lowest BCUT2D eigenvalue weighted by Gasteiger charge is -2.07. The van der Waals surface area contributed by atoms with Crippen LogP contribution in [0.4, 0.5) is 0 Å². The molecule has 3 rings (SSSR count). The van der Waals surface area contributed by atoms with E-state index in [-0.39, 0.29) is 0 Å². The molecule has 0 aliphatic rings. The van der Waals surface area contributed by atoms with Crippen molar-refractivity contribution in [1.82, 2.24) is 4.98 Å². The number of rotatable bonds is 1. The van der Waals surface area contributed by atoms with Gasteiger partial charge in [0.1, 0.15) is 0 Å². The summed E-state index contributed by atoms with van der Waals surface area (Å²) >= 11 is 12.1. The molecule has 0 bridgehead atoms.